The van der Waals surface area contributed by atoms with Gasteiger partial charge >= 0.3 is 10.1 Å². The molecule has 1 aromatic heterocycles. The molecule has 1 heterocycles. The lowest BCUT2D eigenvalue weighted by atomic mass is 10.3. The van der Waals surface area contributed by atoms with E-state index in [9.17, 15) is 26.4 Å². The Bertz CT molecular complexity index is 1080. The quantitative estimate of drug-likeness (QED) is 0.524. The fourth-order valence-corrected chi connectivity index (χ4v) is 3.07. The predicted molar refractivity (Wildman–Crippen MR) is 87.2 cm³/mol. The molecule has 0 bridgehead atoms. The lowest BCUT2D eigenvalue weighted by molar-refractivity contribution is 0.0996. The number of furan rings is 1. The SMILES string of the molecule is O=C(Nc1ccc(OS(=O)(=O)c2ccc(F)c(F)c2F)cc1)c1ccco1. The summed E-state index contributed by atoms with van der Waals surface area (Å²) in [6, 6.07) is 9.05. The van der Waals surface area contributed by atoms with Crippen molar-refractivity contribution in [1.29, 1.82) is 0 Å². The molecule has 2 aromatic carbocycles. The number of nitrogens with one attached hydrogen (secondary N) is 1. The maximum absolute atomic E-state index is 13.7. The van der Waals surface area contributed by atoms with Crippen LogP contribution in [0, 0.1) is 17.5 Å². The Morgan fingerprint density at radius 2 is 1.67 bits per heavy atom. The van der Waals surface area contributed by atoms with Gasteiger partial charge in [-0.3, -0.25) is 4.79 Å². The van der Waals surface area contributed by atoms with Crippen molar-refractivity contribution in [1.82, 2.24) is 0 Å². The third kappa shape index (κ3) is 3.95. The van der Waals surface area contributed by atoms with Crippen LogP contribution in [-0.4, -0.2) is 14.3 Å². The van der Waals surface area contributed by atoms with Gasteiger partial charge < -0.3 is 13.9 Å². The summed E-state index contributed by atoms with van der Waals surface area (Å²) < 4.78 is 73.6. The Balaban J connectivity index is 1.76. The maximum Gasteiger partial charge on any atom is 0.342 e. The van der Waals surface area contributed by atoms with E-state index in [0.717, 1.165) is 0 Å². The van der Waals surface area contributed by atoms with Crippen LogP contribution in [0.25, 0.3) is 0 Å². The molecule has 0 atom stereocenters. The summed E-state index contributed by atoms with van der Waals surface area (Å²) in [7, 11) is -4.74. The van der Waals surface area contributed by atoms with Gasteiger partial charge in [0, 0.05) is 5.69 Å². The molecule has 27 heavy (non-hydrogen) atoms. The van der Waals surface area contributed by atoms with Crippen LogP contribution in [0.2, 0.25) is 0 Å². The van der Waals surface area contributed by atoms with E-state index >= 15 is 0 Å². The first kappa shape index (κ1) is 18.5. The van der Waals surface area contributed by atoms with Crippen LogP contribution in [-0.2, 0) is 10.1 Å². The molecular weight excluding hydrogens is 387 g/mol. The highest BCUT2D eigenvalue weighted by atomic mass is 32.2. The van der Waals surface area contributed by atoms with Gasteiger partial charge in [-0.2, -0.15) is 8.42 Å². The summed E-state index contributed by atoms with van der Waals surface area (Å²) in [5.74, 6) is -6.00. The molecule has 0 fully saturated rings. The molecular formula is C17H10F3NO5S. The van der Waals surface area contributed by atoms with Crippen molar-refractivity contribution >= 4 is 21.7 Å². The molecule has 3 rings (SSSR count). The molecule has 0 aliphatic heterocycles. The van der Waals surface area contributed by atoms with E-state index in [1.54, 1.807) is 0 Å². The second-order valence-corrected chi connectivity index (χ2v) is 6.68. The number of rotatable bonds is 5. The van der Waals surface area contributed by atoms with Gasteiger partial charge in [-0.1, -0.05) is 0 Å². The minimum atomic E-state index is -4.74. The number of hydrogen-bond donors (Lipinski definition) is 1. The molecule has 140 valence electrons. The monoisotopic (exact) mass is 397 g/mol. The Hall–Kier alpha value is -3.27. The van der Waals surface area contributed by atoms with Crippen LogP contribution >= 0.6 is 0 Å². The molecule has 1 amide bonds. The minimum absolute atomic E-state index is 0.0757. The van der Waals surface area contributed by atoms with Crippen molar-refractivity contribution in [3.8, 4) is 5.75 Å². The largest absolute Gasteiger partial charge is 0.459 e. The van der Waals surface area contributed by atoms with E-state index in [2.05, 4.69) is 5.32 Å². The van der Waals surface area contributed by atoms with E-state index in [4.69, 9.17) is 8.60 Å². The number of halogens is 3. The summed E-state index contributed by atoms with van der Waals surface area (Å²) >= 11 is 0. The van der Waals surface area contributed by atoms with Crippen LogP contribution in [0.4, 0.5) is 18.9 Å². The zero-order chi connectivity index (χ0) is 19.6. The average molecular weight is 397 g/mol. The van der Waals surface area contributed by atoms with E-state index in [1.165, 1.54) is 42.7 Å². The highest BCUT2D eigenvalue weighted by molar-refractivity contribution is 7.87. The number of carbonyl (C=O) groups excluding carboxylic acids is 1. The highest BCUT2D eigenvalue weighted by Gasteiger charge is 2.26. The second-order valence-electron chi connectivity index (χ2n) is 5.17. The molecule has 0 aliphatic rings. The standard InChI is InChI=1S/C17H10F3NO5S/c18-12-7-8-14(16(20)15(12)19)27(23,24)26-11-5-3-10(4-6-11)21-17(22)13-2-1-9-25-13/h1-9H,(H,21,22). The summed E-state index contributed by atoms with van der Waals surface area (Å²) in [4.78, 5) is 10.7. The van der Waals surface area contributed by atoms with Gasteiger partial charge in [-0.25, -0.2) is 13.2 Å². The molecule has 1 N–H and O–H groups in total. The Morgan fingerprint density at radius 1 is 0.963 bits per heavy atom. The van der Waals surface area contributed by atoms with Crippen molar-refractivity contribution in [2.45, 2.75) is 4.90 Å². The molecule has 0 saturated carbocycles. The third-order valence-corrected chi connectivity index (χ3v) is 4.60. The number of anilines is 1. The molecule has 0 unspecified atom stereocenters. The van der Waals surface area contributed by atoms with Gasteiger partial charge in [0.25, 0.3) is 5.91 Å². The van der Waals surface area contributed by atoms with Crippen molar-refractivity contribution in [3.63, 3.8) is 0 Å². The fourth-order valence-electron chi connectivity index (χ4n) is 2.07. The van der Waals surface area contributed by atoms with E-state index < -0.39 is 38.4 Å². The number of benzene rings is 2. The van der Waals surface area contributed by atoms with Crippen LogP contribution in [0.5, 0.6) is 5.75 Å². The van der Waals surface area contributed by atoms with Crippen molar-refractivity contribution in [3.05, 3.63) is 78.0 Å². The minimum Gasteiger partial charge on any atom is -0.459 e. The van der Waals surface area contributed by atoms with Crippen LogP contribution in [0.3, 0.4) is 0 Å². The normalized spacial score (nSPS) is 11.2. The van der Waals surface area contributed by atoms with Crippen molar-refractivity contribution < 1.29 is 35.0 Å². The third-order valence-electron chi connectivity index (χ3n) is 3.33. The van der Waals surface area contributed by atoms with Gasteiger partial charge in [-0.05, 0) is 48.5 Å². The van der Waals surface area contributed by atoms with Gasteiger partial charge in [-0.15, -0.1) is 0 Å². The smallest absolute Gasteiger partial charge is 0.342 e. The zero-order valence-electron chi connectivity index (χ0n) is 13.3. The predicted octanol–water partition coefficient (Wildman–Crippen LogP) is 3.72. The Morgan fingerprint density at radius 3 is 2.30 bits per heavy atom. The van der Waals surface area contributed by atoms with Crippen LogP contribution < -0.4 is 9.50 Å². The first-order valence-electron chi connectivity index (χ1n) is 7.31. The molecule has 0 radical (unpaired) electrons. The summed E-state index contributed by atoms with van der Waals surface area (Å²) in [6.45, 7) is 0. The van der Waals surface area contributed by atoms with Gasteiger partial charge in [0.15, 0.2) is 23.2 Å². The first-order valence-corrected chi connectivity index (χ1v) is 8.71. The molecule has 10 heteroatoms. The summed E-state index contributed by atoms with van der Waals surface area (Å²) in [5, 5.41) is 2.50. The topological polar surface area (TPSA) is 85.6 Å². The lowest BCUT2D eigenvalue weighted by Crippen LogP contribution is -2.13. The van der Waals surface area contributed by atoms with E-state index in [0.29, 0.717) is 17.8 Å². The number of hydrogen-bond acceptors (Lipinski definition) is 5. The maximum atomic E-state index is 13.7. The average Bonchev–Trinajstić information content (AvgIpc) is 3.16. The van der Waals surface area contributed by atoms with E-state index in [1.807, 2.05) is 0 Å². The summed E-state index contributed by atoms with van der Waals surface area (Å²) in [6.07, 6.45) is 1.33. The molecule has 0 saturated heterocycles. The van der Waals surface area contributed by atoms with Crippen molar-refractivity contribution in [2.75, 3.05) is 5.32 Å². The summed E-state index contributed by atoms with van der Waals surface area (Å²) in [5.41, 5.74) is 0.306. The molecule has 0 spiro atoms. The zero-order valence-corrected chi connectivity index (χ0v) is 14.1. The fraction of sp³-hybridized carbons (Fsp3) is 0. The first-order chi connectivity index (χ1) is 12.8. The van der Waals surface area contributed by atoms with Crippen LogP contribution in [0.1, 0.15) is 10.6 Å². The van der Waals surface area contributed by atoms with Gasteiger partial charge in [0.1, 0.15) is 10.6 Å². The Labute approximate surface area is 151 Å². The number of carbonyl (C=O) groups is 1. The van der Waals surface area contributed by atoms with E-state index in [-0.39, 0.29) is 11.5 Å². The molecule has 3 aromatic rings. The van der Waals surface area contributed by atoms with Crippen LogP contribution in [0.15, 0.2) is 64.1 Å². The second kappa shape index (κ2) is 7.16. The molecule has 6 nitrogen and oxygen atoms in total. The van der Waals surface area contributed by atoms with Gasteiger partial charge in [0.05, 0.1) is 6.26 Å². The number of amides is 1. The Kier molecular flexibility index (Phi) is 4.91. The van der Waals surface area contributed by atoms with Crippen molar-refractivity contribution in [2.24, 2.45) is 0 Å². The van der Waals surface area contributed by atoms with Gasteiger partial charge in [0.2, 0.25) is 0 Å². The lowest BCUT2D eigenvalue weighted by Gasteiger charge is -2.09. The molecule has 0 aliphatic carbocycles. The highest BCUT2D eigenvalue weighted by Crippen LogP contribution is 2.25.